The lowest BCUT2D eigenvalue weighted by Crippen LogP contribution is -2.25. The van der Waals surface area contributed by atoms with Gasteiger partial charge >= 0.3 is 5.97 Å². The smallest absolute Gasteiger partial charge is 0.309 e. The van der Waals surface area contributed by atoms with Crippen LogP contribution in [0.1, 0.15) is 37.7 Å². The zero-order chi connectivity index (χ0) is 24.3. The molecule has 6 rings (SSSR count). The number of aromatic hydroxyl groups is 1. The molecule has 2 aromatic heterocycles. The number of benzene rings is 2. The second kappa shape index (κ2) is 8.37. The summed E-state index contributed by atoms with van der Waals surface area (Å²) in [7, 11) is 1.65. The average molecular weight is 491 g/mol. The second-order valence-electron chi connectivity index (χ2n) is 9.37. The van der Waals surface area contributed by atoms with Crippen LogP contribution in [0.2, 0.25) is 0 Å². The number of methoxy groups -OCH3 is 1. The second-order valence-corrected chi connectivity index (χ2v) is 10.4. The summed E-state index contributed by atoms with van der Waals surface area (Å²) in [5, 5.41) is 11.6. The fraction of sp³-hybridized carbons (Fsp3) is 0.370. The topological polar surface area (TPSA) is 90.7 Å². The van der Waals surface area contributed by atoms with Crippen molar-refractivity contribution in [2.45, 2.75) is 38.6 Å². The van der Waals surface area contributed by atoms with E-state index in [1.165, 1.54) is 11.3 Å². The number of phenolic OH excluding ortho intramolecular Hbond substituents is 1. The normalized spacial score (nSPS) is 19.3. The first kappa shape index (κ1) is 22.1. The third kappa shape index (κ3) is 3.76. The molecule has 2 heterocycles. The molecule has 4 aromatic rings. The van der Waals surface area contributed by atoms with Gasteiger partial charge in [-0.2, -0.15) is 0 Å². The summed E-state index contributed by atoms with van der Waals surface area (Å²) < 4.78 is 13.1. The Bertz CT molecular complexity index is 1530. The van der Waals surface area contributed by atoms with E-state index in [1.54, 1.807) is 30.7 Å². The number of hydrogen-bond acceptors (Lipinski definition) is 7. The van der Waals surface area contributed by atoms with Gasteiger partial charge in [0.2, 0.25) is 0 Å². The van der Waals surface area contributed by atoms with Crippen LogP contribution >= 0.6 is 11.3 Å². The Morgan fingerprint density at radius 3 is 2.83 bits per heavy atom. The lowest BCUT2D eigenvalue weighted by Gasteiger charge is -2.16. The van der Waals surface area contributed by atoms with Crippen molar-refractivity contribution in [1.29, 1.82) is 0 Å². The molecule has 0 aliphatic heterocycles. The van der Waals surface area contributed by atoms with E-state index in [0.29, 0.717) is 51.6 Å². The van der Waals surface area contributed by atoms with Crippen molar-refractivity contribution in [1.82, 2.24) is 9.55 Å². The van der Waals surface area contributed by atoms with E-state index < -0.39 is 0 Å². The first-order valence-electron chi connectivity index (χ1n) is 12.0. The monoisotopic (exact) mass is 490 g/mol. The van der Waals surface area contributed by atoms with E-state index in [0.717, 1.165) is 29.7 Å². The Labute approximate surface area is 205 Å². The number of esters is 1. The van der Waals surface area contributed by atoms with Crippen LogP contribution in [0.25, 0.3) is 31.7 Å². The first-order chi connectivity index (χ1) is 17.0. The zero-order valence-electron chi connectivity index (χ0n) is 19.6. The predicted octanol–water partition coefficient (Wildman–Crippen LogP) is 5.07. The standard InChI is InChI=1S/C27H26N2O5S/c1-3-34-27(32)20-11-15(20)13-29-24(17-10-9-16(33-2)12-19(17)14-7-8-14)28-25-22(26(29)31)18-5-4-6-21(30)23(18)35-25/h4-6,9-10,12,14-15,20,30H,3,7-8,11,13H2,1-2H3. The molecular weight excluding hydrogens is 464 g/mol. The molecule has 0 bridgehead atoms. The van der Waals surface area contributed by atoms with Crippen molar-refractivity contribution in [2.75, 3.05) is 13.7 Å². The third-order valence-corrected chi connectivity index (χ3v) is 8.17. The summed E-state index contributed by atoms with van der Waals surface area (Å²) >= 11 is 1.33. The summed E-state index contributed by atoms with van der Waals surface area (Å²) in [5.41, 5.74) is 1.90. The lowest BCUT2D eigenvalue weighted by atomic mass is 10.0. The van der Waals surface area contributed by atoms with Crippen LogP contribution in [0.15, 0.2) is 41.2 Å². The highest BCUT2D eigenvalue weighted by Gasteiger charge is 2.45. The van der Waals surface area contributed by atoms with Gasteiger partial charge in [-0.15, -0.1) is 11.3 Å². The number of thiophene rings is 1. The number of fused-ring (bicyclic) bond motifs is 3. The van der Waals surface area contributed by atoms with Gasteiger partial charge in [0.1, 0.15) is 22.2 Å². The minimum atomic E-state index is -0.199. The fourth-order valence-electron chi connectivity index (χ4n) is 4.97. The Balaban J connectivity index is 1.55. The molecule has 0 amide bonds. The molecule has 7 nitrogen and oxygen atoms in total. The molecule has 0 saturated heterocycles. The van der Waals surface area contributed by atoms with Crippen molar-refractivity contribution in [3.63, 3.8) is 0 Å². The summed E-state index contributed by atoms with van der Waals surface area (Å²) in [6.45, 7) is 2.55. The fourth-order valence-corrected chi connectivity index (χ4v) is 6.04. The van der Waals surface area contributed by atoms with Crippen LogP contribution in [0.3, 0.4) is 0 Å². The molecule has 8 heteroatoms. The van der Waals surface area contributed by atoms with E-state index in [2.05, 4.69) is 0 Å². The van der Waals surface area contributed by atoms with Crippen LogP contribution in [0.4, 0.5) is 0 Å². The van der Waals surface area contributed by atoms with Gasteiger partial charge in [0, 0.05) is 17.5 Å². The van der Waals surface area contributed by atoms with Gasteiger partial charge in [-0.1, -0.05) is 12.1 Å². The summed E-state index contributed by atoms with van der Waals surface area (Å²) in [4.78, 5) is 31.9. The minimum Gasteiger partial charge on any atom is -0.506 e. The Morgan fingerprint density at radius 2 is 2.09 bits per heavy atom. The van der Waals surface area contributed by atoms with E-state index >= 15 is 0 Å². The number of hydrogen-bond donors (Lipinski definition) is 1. The largest absolute Gasteiger partial charge is 0.506 e. The van der Waals surface area contributed by atoms with Crippen LogP contribution in [0, 0.1) is 11.8 Å². The molecule has 2 atom stereocenters. The highest BCUT2D eigenvalue weighted by atomic mass is 32.1. The summed E-state index contributed by atoms with van der Waals surface area (Å²) in [6.07, 6.45) is 2.89. The molecule has 2 saturated carbocycles. The molecule has 0 radical (unpaired) electrons. The maximum Gasteiger partial charge on any atom is 0.309 e. The predicted molar refractivity (Wildman–Crippen MR) is 135 cm³/mol. The van der Waals surface area contributed by atoms with Crippen LogP contribution in [-0.2, 0) is 16.1 Å². The molecule has 1 N–H and O–H groups in total. The maximum absolute atomic E-state index is 14.0. The lowest BCUT2D eigenvalue weighted by molar-refractivity contribution is -0.145. The van der Waals surface area contributed by atoms with Crippen molar-refractivity contribution < 1.29 is 19.4 Å². The molecule has 2 aliphatic rings. The highest BCUT2D eigenvalue weighted by Crippen LogP contribution is 2.47. The Hall–Kier alpha value is -3.39. The maximum atomic E-state index is 14.0. The zero-order valence-corrected chi connectivity index (χ0v) is 20.4. The number of carbonyl (C=O) groups is 1. The van der Waals surface area contributed by atoms with Crippen LogP contribution in [0.5, 0.6) is 11.5 Å². The number of ether oxygens (including phenoxy) is 2. The molecule has 2 aromatic carbocycles. The van der Waals surface area contributed by atoms with Crippen LogP contribution in [-0.4, -0.2) is 34.3 Å². The molecule has 2 aliphatic carbocycles. The summed E-state index contributed by atoms with van der Waals surface area (Å²) in [5.74, 6) is 1.59. The van der Waals surface area contributed by atoms with Gasteiger partial charge in [-0.25, -0.2) is 4.98 Å². The molecular formula is C27H26N2O5S. The quantitative estimate of drug-likeness (QED) is 0.364. The molecule has 180 valence electrons. The number of rotatable bonds is 7. The summed E-state index contributed by atoms with van der Waals surface area (Å²) in [6, 6.07) is 11.1. The number of carbonyl (C=O) groups excluding carboxylic acids is 1. The highest BCUT2D eigenvalue weighted by molar-refractivity contribution is 7.25. The van der Waals surface area contributed by atoms with Gasteiger partial charge in [-0.05, 0) is 67.9 Å². The van der Waals surface area contributed by atoms with E-state index in [9.17, 15) is 14.7 Å². The number of nitrogens with zero attached hydrogens (tertiary/aromatic N) is 2. The minimum absolute atomic E-state index is 0.0330. The molecule has 0 spiro atoms. The van der Waals surface area contributed by atoms with Gasteiger partial charge in [0.05, 0.1) is 29.7 Å². The van der Waals surface area contributed by atoms with Crippen molar-refractivity contribution in [3.05, 3.63) is 52.3 Å². The SMILES string of the molecule is CCOC(=O)C1CC1Cn1c(-c2ccc(OC)cc2C2CC2)nc2sc3c(O)cccc3c2c1=O. The third-order valence-electron chi connectivity index (χ3n) is 7.04. The van der Waals surface area contributed by atoms with Gasteiger partial charge in [0.25, 0.3) is 5.56 Å². The number of aromatic nitrogens is 2. The Kier molecular flexibility index (Phi) is 5.29. The molecule has 35 heavy (non-hydrogen) atoms. The van der Waals surface area contributed by atoms with E-state index in [1.807, 2.05) is 24.3 Å². The van der Waals surface area contributed by atoms with Crippen molar-refractivity contribution in [3.8, 4) is 22.9 Å². The van der Waals surface area contributed by atoms with E-state index in [4.69, 9.17) is 14.5 Å². The molecule has 2 unspecified atom stereocenters. The van der Waals surface area contributed by atoms with Crippen LogP contribution < -0.4 is 10.3 Å². The van der Waals surface area contributed by atoms with Gasteiger partial charge < -0.3 is 14.6 Å². The average Bonchev–Trinajstić information content (AvgIpc) is 3.78. The van der Waals surface area contributed by atoms with Crippen molar-refractivity contribution >= 4 is 37.6 Å². The first-order valence-corrected chi connectivity index (χ1v) is 12.8. The van der Waals surface area contributed by atoms with Crippen molar-refractivity contribution in [2.24, 2.45) is 11.8 Å². The van der Waals surface area contributed by atoms with Gasteiger partial charge in [-0.3, -0.25) is 14.2 Å². The molecule has 2 fully saturated rings. The Morgan fingerprint density at radius 1 is 1.26 bits per heavy atom. The van der Waals surface area contributed by atoms with E-state index in [-0.39, 0.29) is 29.1 Å². The van der Waals surface area contributed by atoms with Gasteiger partial charge in [0.15, 0.2) is 0 Å². The number of phenols is 1.